The van der Waals surface area contributed by atoms with E-state index in [0.29, 0.717) is 18.6 Å². The maximum Gasteiger partial charge on any atom is 0.133 e. The van der Waals surface area contributed by atoms with E-state index in [4.69, 9.17) is 4.74 Å². The highest BCUT2D eigenvalue weighted by Crippen LogP contribution is 2.31. The van der Waals surface area contributed by atoms with Crippen LogP contribution >= 0.6 is 0 Å². The van der Waals surface area contributed by atoms with Crippen molar-refractivity contribution in [2.45, 2.75) is 18.7 Å². The first-order valence-corrected chi connectivity index (χ1v) is 4.28. The van der Waals surface area contributed by atoms with Crippen LogP contribution in [0.1, 0.15) is 18.1 Å². The van der Waals surface area contributed by atoms with Gasteiger partial charge < -0.3 is 4.74 Å². The van der Waals surface area contributed by atoms with Crippen LogP contribution in [0.4, 0.5) is 8.78 Å². The minimum atomic E-state index is -0.953. The van der Waals surface area contributed by atoms with E-state index in [1.54, 1.807) is 12.1 Å². The molecule has 2 rings (SSSR count). The number of rotatable bonds is 1. The van der Waals surface area contributed by atoms with Gasteiger partial charge in [0.2, 0.25) is 0 Å². The van der Waals surface area contributed by atoms with Gasteiger partial charge in [-0.1, -0.05) is 12.1 Å². The third-order valence-corrected chi connectivity index (χ3v) is 2.22. The number of halogens is 2. The summed E-state index contributed by atoms with van der Waals surface area (Å²) in [6.07, 6.45) is -1.02. The molecule has 2 atom stereocenters. The Morgan fingerprint density at radius 3 is 2.46 bits per heavy atom. The Kier molecular flexibility index (Phi) is 2.27. The molecule has 0 radical (unpaired) electrons. The monoisotopic (exact) mass is 184 g/mol. The average Bonchev–Trinajstić information content (AvgIpc) is 2.53. The van der Waals surface area contributed by atoms with Crippen molar-refractivity contribution in [3.05, 3.63) is 35.6 Å². The molecule has 1 aliphatic rings. The molecule has 1 saturated heterocycles. The number of ether oxygens (including phenoxy) is 1. The minimum Gasteiger partial charge on any atom is -0.370 e. The SMILES string of the molecule is Fc1ccc([C@@H]2OCC[C@H]2F)cc1. The highest BCUT2D eigenvalue weighted by molar-refractivity contribution is 5.20. The summed E-state index contributed by atoms with van der Waals surface area (Å²) < 4.78 is 30.9. The smallest absolute Gasteiger partial charge is 0.133 e. The van der Waals surface area contributed by atoms with Crippen molar-refractivity contribution in [2.75, 3.05) is 6.61 Å². The molecular weight excluding hydrogens is 174 g/mol. The summed E-state index contributed by atoms with van der Waals surface area (Å²) in [7, 11) is 0. The lowest BCUT2D eigenvalue weighted by molar-refractivity contribution is 0.0777. The Bertz CT molecular complexity index is 283. The third-order valence-electron chi connectivity index (χ3n) is 2.22. The molecule has 0 aromatic heterocycles. The van der Waals surface area contributed by atoms with Gasteiger partial charge in [-0.25, -0.2) is 8.78 Å². The van der Waals surface area contributed by atoms with Crippen LogP contribution in [0, 0.1) is 5.82 Å². The van der Waals surface area contributed by atoms with Gasteiger partial charge in [0.1, 0.15) is 18.1 Å². The molecule has 1 nitrogen and oxygen atoms in total. The van der Waals surface area contributed by atoms with Gasteiger partial charge in [-0.05, 0) is 17.7 Å². The van der Waals surface area contributed by atoms with Gasteiger partial charge >= 0.3 is 0 Å². The Morgan fingerprint density at radius 1 is 1.23 bits per heavy atom. The maximum atomic E-state index is 13.2. The lowest BCUT2D eigenvalue weighted by atomic mass is 10.1. The first-order valence-electron chi connectivity index (χ1n) is 4.28. The number of hydrogen-bond acceptors (Lipinski definition) is 1. The molecule has 0 unspecified atom stereocenters. The molecule has 1 aromatic rings. The van der Waals surface area contributed by atoms with Crippen molar-refractivity contribution in [1.82, 2.24) is 0 Å². The van der Waals surface area contributed by atoms with Crippen LogP contribution in [0.25, 0.3) is 0 Å². The molecule has 1 fully saturated rings. The summed E-state index contributed by atoms with van der Waals surface area (Å²) in [4.78, 5) is 0. The zero-order valence-corrected chi connectivity index (χ0v) is 7.04. The van der Waals surface area contributed by atoms with E-state index in [2.05, 4.69) is 0 Å². The Morgan fingerprint density at radius 2 is 1.92 bits per heavy atom. The predicted molar refractivity (Wildman–Crippen MR) is 44.6 cm³/mol. The van der Waals surface area contributed by atoms with Crippen LogP contribution in [0.2, 0.25) is 0 Å². The molecule has 3 heteroatoms. The highest BCUT2D eigenvalue weighted by atomic mass is 19.1. The van der Waals surface area contributed by atoms with E-state index in [1.807, 2.05) is 0 Å². The van der Waals surface area contributed by atoms with Gasteiger partial charge in [-0.2, -0.15) is 0 Å². The normalized spacial score (nSPS) is 27.8. The standard InChI is InChI=1S/C10H10F2O/c11-8-3-1-7(2-4-8)10-9(12)5-6-13-10/h1-4,9-10H,5-6H2/t9-,10+/m1/s1. The summed E-state index contributed by atoms with van der Waals surface area (Å²) in [6, 6.07) is 5.78. The topological polar surface area (TPSA) is 9.23 Å². The zero-order valence-electron chi connectivity index (χ0n) is 7.04. The lowest BCUT2D eigenvalue weighted by Gasteiger charge is -2.11. The Labute approximate surface area is 75.3 Å². The number of alkyl halides is 1. The summed E-state index contributed by atoms with van der Waals surface area (Å²) in [5, 5.41) is 0. The molecule has 0 saturated carbocycles. The predicted octanol–water partition coefficient (Wildman–Crippen LogP) is 2.63. The molecule has 1 aromatic carbocycles. The van der Waals surface area contributed by atoms with Gasteiger partial charge in [0.15, 0.2) is 0 Å². The van der Waals surface area contributed by atoms with Crippen LogP contribution in [0.15, 0.2) is 24.3 Å². The second kappa shape index (κ2) is 3.42. The quantitative estimate of drug-likeness (QED) is 0.651. The molecule has 0 amide bonds. The maximum absolute atomic E-state index is 13.2. The minimum absolute atomic E-state index is 0.308. The van der Waals surface area contributed by atoms with Gasteiger partial charge in [-0.15, -0.1) is 0 Å². The first-order chi connectivity index (χ1) is 6.27. The molecule has 13 heavy (non-hydrogen) atoms. The summed E-state index contributed by atoms with van der Waals surface area (Å²) in [5.74, 6) is -0.308. The Balaban J connectivity index is 2.20. The van der Waals surface area contributed by atoms with Crippen molar-refractivity contribution in [2.24, 2.45) is 0 Å². The van der Waals surface area contributed by atoms with E-state index in [1.165, 1.54) is 12.1 Å². The molecule has 1 heterocycles. The number of hydrogen-bond donors (Lipinski definition) is 0. The van der Waals surface area contributed by atoms with Gasteiger partial charge in [0, 0.05) is 6.42 Å². The molecular formula is C10H10F2O. The fraction of sp³-hybridized carbons (Fsp3) is 0.400. The fourth-order valence-electron chi connectivity index (χ4n) is 1.52. The molecule has 70 valence electrons. The van der Waals surface area contributed by atoms with Crippen LogP contribution in [-0.2, 0) is 4.74 Å². The van der Waals surface area contributed by atoms with Crippen LogP contribution < -0.4 is 0 Å². The zero-order chi connectivity index (χ0) is 9.26. The second-order valence-corrected chi connectivity index (χ2v) is 3.15. The van der Waals surface area contributed by atoms with E-state index in [9.17, 15) is 8.78 Å². The molecule has 0 spiro atoms. The lowest BCUT2D eigenvalue weighted by Crippen LogP contribution is -2.07. The van der Waals surface area contributed by atoms with Crippen molar-refractivity contribution in [1.29, 1.82) is 0 Å². The summed E-state index contributed by atoms with van der Waals surface area (Å²) in [6.45, 7) is 0.448. The van der Waals surface area contributed by atoms with E-state index < -0.39 is 12.3 Å². The summed E-state index contributed by atoms with van der Waals surface area (Å²) in [5.41, 5.74) is 0.714. The number of benzene rings is 1. The van der Waals surface area contributed by atoms with E-state index in [-0.39, 0.29) is 5.82 Å². The largest absolute Gasteiger partial charge is 0.370 e. The van der Waals surface area contributed by atoms with Crippen molar-refractivity contribution < 1.29 is 13.5 Å². The van der Waals surface area contributed by atoms with Gasteiger partial charge in [0.05, 0.1) is 6.61 Å². The van der Waals surface area contributed by atoms with Gasteiger partial charge in [-0.3, -0.25) is 0 Å². The Hall–Kier alpha value is -0.960. The van der Waals surface area contributed by atoms with Gasteiger partial charge in [0.25, 0.3) is 0 Å². The second-order valence-electron chi connectivity index (χ2n) is 3.15. The molecule has 0 N–H and O–H groups in total. The average molecular weight is 184 g/mol. The van der Waals surface area contributed by atoms with Crippen LogP contribution in [0.5, 0.6) is 0 Å². The van der Waals surface area contributed by atoms with Crippen molar-refractivity contribution in [3.8, 4) is 0 Å². The molecule has 0 bridgehead atoms. The van der Waals surface area contributed by atoms with E-state index in [0.717, 1.165) is 0 Å². The third kappa shape index (κ3) is 1.70. The molecule has 1 aliphatic heterocycles. The highest BCUT2D eigenvalue weighted by Gasteiger charge is 2.29. The first kappa shape index (κ1) is 8.63. The van der Waals surface area contributed by atoms with Crippen LogP contribution in [-0.4, -0.2) is 12.8 Å². The fourth-order valence-corrected chi connectivity index (χ4v) is 1.52. The van der Waals surface area contributed by atoms with Crippen molar-refractivity contribution in [3.63, 3.8) is 0 Å². The van der Waals surface area contributed by atoms with Crippen molar-refractivity contribution >= 4 is 0 Å². The van der Waals surface area contributed by atoms with E-state index >= 15 is 0 Å². The molecule has 0 aliphatic carbocycles. The van der Waals surface area contributed by atoms with Crippen LogP contribution in [0.3, 0.4) is 0 Å². The summed E-state index contributed by atoms with van der Waals surface area (Å²) >= 11 is 0.